The zero-order chi connectivity index (χ0) is 28.9. The summed E-state index contributed by atoms with van der Waals surface area (Å²) in [6.07, 6.45) is 3.22. The first-order chi connectivity index (χ1) is 19.6. The second kappa shape index (κ2) is 9.99. The van der Waals surface area contributed by atoms with Crippen LogP contribution < -0.4 is 15.4 Å². The molecule has 5 aromatic rings. The highest BCUT2D eigenvalue weighted by Gasteiger charge is 2.31. The van der Waals surface area contributed by atoms with Crippen molar-refractivity contribution < 1.29 is 27.8 Å². The van der Waals surface area contributed by atoms with E-state index in [-0.39, 0.29) is 17.4 Å². The van der Waals surface area contributed by atoms with Crippen molar-refractivity contribution in [3.05, 3.63) is 48.5 Å². The summed E-state index contributed by atoms with van der Waals surface area (Å²) in [5.41, 5.74) is 6.28. The van der Waals surface area contributed by atoms with Crippen LogP contribution in [0.3, 0.4) is 0 Å². The smallest absolute Gasteiger partial charge is 0.347 e. The monoisotopic (exact) mass is 567 g/mol. The zero-order valence-electron chi connectivity index (χ0n) is 22.3. The highest BCUT2D eigenvalue weighted by molar-refractivity contribution is 5.87. The molecule has 214 valence electrons. The van der Waals surface area contributed by atoms with Gasteiger partial charge in [0.25, 0.3) is 0 Å². The van der Waals surface area contributed by atoms with Crippen LogP contribution in [0.15, 0.2) is 41.3 Å². The summed E-state index contributed by atoms with van der Waals surface area (Å²) in [5.74, 6) is -2.21. The summed E-state index contributed by atoms with van der Waals surface area (Å²) in [5, 5.41) is 13.7. The number of rotatable bonds is 8. The number of imidazole rings is 1. The summed E-state index contributed by atoms with van der Waals surface area (Å²) >= 11 is 0. The number of halogens is 2. The number of hydrogen-bond donors (Lipinski definition) is 2. The molecule has 13 nitrogen and oxygen atoms in total. The fraction of sp³-hybridized carbons (Fsp3) is 0.346. The lowest BCUT2D eigenvalue weighted by atomic mass is 10.1. The number of nitrogens with two attached hydrogens (primary N) is 1. The number of fused-ring (bicyclic) bond motifs is 3. The van der Waals surface area contributed by atoms with E-state index >= 15 is 0 Å². The minimum absolute atomic E-state index is 0.161. The lowest BCUT2D eigenvalue weighted by Gasteiger charge is -2.36. The summed E-state index contributed by atoms with van der Waals surface area (Å²) < 4.78 is 43.1. The van der Waals surface area contributed by atoms with E-state index in [2.05, 4.69) is 25.0 Å². The molecular weight excluding hydrogens is 540 g/mol. The molecular formula is C26H27F2N9O4. The number of benzene rings is 1. The van der Waals surface area contributed by atoms with Gasteiger partial charge in [-0.2, -0.15) is 9.50 Å². The van der Waals surface area contributed by atoms with Crippen molar-refractivity contribution >= 4 is 34.4 Å². The van der Waals surface area contributed by atoms with Gasteiger partial charge in [0.2, 0.25) is 11.8 Å². The number of carbonyl (C=O) groups is 1. The number of furan rings is 1. The molecule has 0 radical (unpaired) electrons. The normalized spacial score (nSPS) is 14.8. The second-order valence-electron chi connectivity index (χ2n) is 10.2. The second-order valence-corrected chi connectivity index (χ2v) is 10.2. The van der Waals surface area contributed by atoms with Gasteiger partial charge in [0.15, 0.2) is 39.7 Å². The van der Waals surface area contributed by atoms with Gasteiger partial charge in [-0.1, -0.05) is 0 Å². The van der Waals surface area contributed by atoms with Crippen LogP contribution in [0.25, 0.3) is 28.4 Å². The van der Waals surface area contributed by atoms with E-state index in [0.717, 1.165) is 6.07 Å². The Hall–Kier alpha value is -4.79. The summed E-state index contributed by atoms with van der Waals surface area (Å²) in [4.78, 5) is 28.9. The van der Waals surface area contributed by atoms with Crippen LogP contribution >= 0.6 is 0 Å². The number of nitrogens with zero attached hydrogens (tertiary/aromatic N) is 8. The van der Waals surface area contributed by atoms with Crippen molar-refractivity contribution in [3.8, 4) is 17.3 Å². The minimum atomic E-state index is -1.67. The van der Waals surface area contributed by atoms with Crippen molar-refractivity contribution in [2.75, 3.05) is 43.4 Å². The van der Waals surface area contributed by atoms with Gasteiger partial charge < -0.3 is 29.5 Å². The van der Waals surface area contributed by atoms with E-state index in [1.165, 1.54) is 30.7 Å². The van der Waals surface area contributed by atoms with Crippen molar-refractivity contribution in [2.45, 2.75) is 26.0 Å². The van der Waals surface area contributed by atoms with Gasteiger partial charge in [-0.15, -0.1) is 5.10 Å². The van der Waals surface area contributed by atoms with Crippen molar-refractivity contribution in [1.29, 1.82) is 0 Å². The highest BCUT2D eigenvalue weighted by Crippen LogP contribution is 2.31. The molecule has 1 aliphatic heterocycles. The van der Waals surface area contributed by atoms with E-state index in [1.54, 1.807) is 23.4 Å². The molecule has 0 saturated carbocycles. The Kier molecular flexibility index (Phi) is 6.44. The van der Waals surface area contributed by atoms with Gasteiger partial charge in [-0.25, -0.2) is 23.5 Å². The Bertz CT molecular complexity index is 1740. The fourth-order valence-corrected chi connectivity index (χ4v) is 4.72. The molecule has 5 heterocycles. The molecule has 1 fully saturated rings. The average molecular weight is 568 g/mol. The molecule has 0 unspecified atom stereocenters. The van der Waals surface area contributed by atoms with Crippen LogP contribution in [-0.4, -0.2) is 83.4 Å². The summed E-state index contributed by atoms with van der Waals surface area (Å²) in [6.45, 7) is 6.06. The van der Waals surface area contributed by atoms with Crippen LogP contribution in [0.4, 0.5) is 20.4 Å². The Morgan fingerprint density at radius 1 is 1.12 bits per heavy atom. The molecule has 0 spiro atoms. The van der Waals surface area contributed by atoms with Crippen LogP contribution in [0, 0.1) is 11.6 Å². The van der Waals surface area contributed by atoms with E-state index < -0.39 is 23.2 Å². The third-order valence-electron chi connectivity index (χ3n) is 7.06. The van der Waals surface area contributed by atoms with Crippen molar-refractivity contribution in [2.24, 2.45) is 0 Å². The number of aliphatic carboxylic acids is 1. The molecule has 0 aliphatic carbocycles. The van der Waals surface area contributed by atoms with Gasteiger partial charge in [0, 0.05) is 51.4 Å². The quantitative estimate of drug-likeness (QED) is 0.285. The van der Waals surface area contributed by atoms with E-state index in [1.807, 2.05) is 4.57 Å². The molecule has 15 heteroatoms. The maximum atomic E-state index is 14.7. The third kappa shape index (κ3) is 4.88. The molecule has 1 aromatic carbocycles. The maximum absolute atomic E-state index is 14.7. The van der Waals surface area contributed by atoms with E-state index in [9.17, 15) is 18.7 Å². The number of aromatic nitrogens is 6. The Labute approximate surface area is 231 Å². The van der Waals surface area contributed by atoms with Crippen LogP contribution in [-0.2, 0) is 11.3 Å². The number of carboxylic acids is 1. The SMILES string of the molecule is CC(C)(Oc1cc(N2CCN(CCn3cnc4c3nc(N)n3nc(-c5ccco5)nc43)CC2)c(F)cc1F)C(=O)O. The Morgan fingerprint density at radius 3 is 2.61 bits per heavy atom. The van der Waals surface area contributed by atoms with Crippen molar-refractivity contribution in [3.63, 3.8) is 0 Å². The summed E-state index contributed by atoms with van der Waals surface area (Å²) in [7, 11) is 0. The first kappa shape index (κ1) is 26.4. The molecule has 1 aliphatic rings. The lowest BCUT2D eigenvalue weighted by Crippen LogP contribution is -2.47. The summed E-state index contributed by atoms with van der Waals surface area (Å²) in [6, 6.07) is 5.45. The highest BCUT2D eigenvalue weighted by atomic mass is 19.1. The molecule has 6 rings (SSSR count). The largest absolute Gasteiger partial charge is 0.478 e. The van der Waals surface area contributed by atoms with E-state index in [4.69, 9.17) is 14.9 Å². The molecule has 41 heavy (non-hydrogen) atoms. The van der Waals surface area contributed by atoms with E-state index in [0.29, 0.717) is 67.7 Å². The number of carboxylic acid groups (broad SMARTS) is 1. The van der Waals surface area contributed by atoms with Crippen molar-refractivity contribution in [1.82, 2.24) is 34.0 Å². The van der Waals surface area contributed by atoms with Gasteiger partial charge in [-0.05, 0) is 26.0 Å². The predicted molar refractivity (Wildman–Crippen MR) is 144 cm³/mol. The first-order valence-corrected chi connectivity index (χ1v) is 12.9. The Morgan fingerprint density at radius 2 is 1.90 bits per heavy atom. The molecule has 4 aromatic heterocycles. The van der Waals surface area contributed by atoms with Crippen LogP contribution in [0.1, 0.15) is 13.8 Å². The van der Waals surface area contributed by atoms with Gasteiger partial charge in [0.1, 0.15) is 5.82 Å². The third-order valence-corrected chi connectivity index (χ3v) is 7.06. The molecule has 1 saturated heterocycles. The average Bonchev–Trinajstić information content (AvgIpc) is 3.69. The minimum Gasteiger partial charge on any atom is -0.478 e. The molecule has 3 N–H and O–H groups in total. The Balaban J connectivity index is 1.13. The zero-order valence-corrected chi connectivity index (χ0v) is 22.3. The molecule has 0 amide bonds. The number of hydrogen-bond acceptors (Lipinski definition) is 10. The van der Waals surface area contributed by atoms with Gasteiger partial charge in [-0.3, -0.25) is 4.90 Å². The predicted octanol–water partition coefficient (Wildman–Crippen LogP) is 2.66. The number of nitrogen functional groups attached to an aromatic ring is 1. The topological polar surface area (TPSA) is 153 Å². The van der Waals surface area contributed by atoms with Crippen LogP contribution in [0.5, 0.6) is 5.75 Å². The first-order valence-electron chi connectivity index (χ1n) is 12.9. The van der Waals surface area contributed by atoms with Gasteiger partial charge in [0.05, 0.1) is 18.3 Å². The standard InChI is InChI=1S/C26H27F2N9O4/c1-26(2,24(38)39)41-19-13-17(15(27)12-16(19)28)35-8-5-34(6-9-35)7-10-36-14-30-20-22(36)32-25(29)37-23(20)31-21(33-37)18-4-3-11-40-18/h3-4,11-14H,5-10H2,1-2H3,(H2,29,32)(H,38,39). The lowest BCUT2D eigenvalue weighted by molar-refractivity contribution is -0.152. The maximum Gasteiger partial charge on any atom is 0.347 e. The fourth-order valence-electron chi connectivity index (χ4n) is 4.72. The number of ether oxygens (including phenoxy) is 1. The number of anilines is 2. The molecule has 0 atom stereocenters. The molecule has 0 bridgehead atoms. The van der Waals surface area contributed by atoms with Crippen LogP contribution in [0.2, 0.25) is 0 Å². The number of piperazine rings is 1. The van der Waals surface area contributed by atoms with Gasteiger partial charge >= 0.3 is 5.97 Å².